The van der Waals surface area contributed by atoms with Gasteiger partial charge in [-0.3, -0.25) is 4.39 Å². The van der Waals surface area contributed by atoms with Crippen LogP contribution in [0.5, 0.6) is 0 Å². The van der Waals surface area contributed by atoms with Crippen molar-refractivity contribution >= 4 is 8.07 Å². The normalized spacial score (nSPS) is 15.0. The van der Waals surface area contributed by atoms with Crippen molar-refractivity contribution in [3.63, 3.8) is 0 Å². The van der Waals surface area contributed by atoms with E-state index in [1.807, 2.05) is 0 Å². The molecule has 0 rings (SSSR count). The fraction of sp³-hybridized carbons (Fsp3) is 1.00. The predicted molar refractivity (Wildman–Crippen MR) is 29.7 cm³/mol. The summed E-state index contributed by atoms with van der Waals surface area (Å²) in [4.78, 5) is 0. The molecule has 0 radical (unpaired) electrons. The van der Waals surface area contributed by atoms with Crippen LogP contribution in [-0.4, -0.2) is 26.0 Å². The zero-order valence-electron chi connectivity index (χ0n) is 5.85. The lowest BCUT2D eigenvalue weighted by molar-refractivity contribution is -0.114. The van der Waals surface area contributed by atoms with Crippen molar-refractivity contribution in [1.82, 2.24) is 0 Å². The minimum absolute atomic E-state index is 0.0764. The van der Waals surface area contributed by atoms with E-state index in [0.29, 0.717) is 0 Å². The highest BCUT2D eigenvalue weighted by Crippen LogP contribution is 2.40. The summed E-state index contributed by atoms with van der Waals surface area (Å²) in [6.07, 6.45) is -2.36. The summed E-state index contributed by atoms with van der Waals surface area (Å²) in [5, 5.41) is 0. The van der Waals surface area contributed by atoms with Crippen LogP contribution < -0.4 is 0 Å². The Morgan fingerprint density at radius 1 is 0.917 bits per heavy atom. The molecule has 0 aromatic rings. The number of halogens is 7. The summed E-state index contributed by atoms with van der Waals surface area (Å²) in [5.41, 5.74) is 0. The summed E-state index contributed by atoms with van der Waals surface area (Å²) < 4.78 is 81.9. The Bertz CT molecular complexity index is 142. The van der Waals surface area contributed by atoms with Gasteiger partial charge in [-0.2, -0.15) is 26.3 Å². The van der Waals surface area contributed by atoms with Crippen LogP contribution in [-0.2, 0) is 0 Å². The lowest BCUT2D eigenvalue weighted by atomic mass is 11.5. The van der Waals surface area contributed by atoms with E-state index in [2.05, 4.69) is 0 Å². The van der Waals surface area contributed by atoms with Crippen LogP contribution in [0.15, 0.2) is 0 Å². The van der Waals surface area contributed by atoms with Gasteiger partial charge in [-0.05, 0) is 0 Å². The summed E-state index contributed by atoms with van der Waals surface area (Å²) in [7, 11) is -5.79. The Kier molecular flexibility index (Phi) is 2.83. The first kappa shape index (κ1) is 11.7. The van der Waals surface area contributed by atoms with Gasteiger partial charge in [0.05, 0.1) is 6.30 Å². The first-order valence-electron chi connectivity index (χ1n) is 2.75. The van der Waals surface area contributed by atoms with Crippen LogP contribution in [0.1, 0.15) is 0 Å². The molecule has 0 unspecified atom stereocenters. The van der Waals surface area contributed by atoms with Gasteiger partial charge in [0.15, 0.2) is 0 Å². The Labute approximate surface area is 64.4 Å². The molecule has 12 heavy (non-hydrogen) atoms. The van der Waals surface area contributed by atoms with Crippen molar-refractivity contribution in [2.45, 2.75) is 18.1 Å². The smallest absolute Gasteiger partial charge is 0.254 e. The quantitative estimate of drug-likeness (QED) is 0.465. The summed E-state index contributed by atoms with van der Waals surface area (Å²) >= 11 is 0. The summed E-state index contributed by atoms with van der Waals surface area (Å²) in [6.45, 7) is -0.0764. The van der Waals surface area contributed by atoms with Crippen LogP contribution in [0.4, 0.5) is 30.7 Å². The zero-order valence-corrected chi connectivity index (χ0v) is 6.85. The van der Waals surface area contributed by atoms with Crippen molar-refractivity contribution in [2.24, 2.45) is 0 Å². The molecule has 0 aromatic heterocycles. The SMILES string of the molecule is C[Si](CF)(C(F)(F)F)C(F)(F)F. The largest absolute Gasteiger partial charge is 0.374 e. The molecule has 0 aliphatic rings. The van der Waals surface area contributed by atoms with Crippen LogP contribution >= 0.6 is 0 Å². The molecule has 0 atom stereocenters. The second-order valence-electron chi connectivity index (χ2n) is 2.46. The second-order valence-corrected chi connectivity index (χ2v) is 6.53. The average molecular weight is 214 g/mol. The predicted octanol–water partition coefficient (Wildman–Crippen LogP) is 2.78. The molecule has 74 valence electrons. The summed E-state index contributed by atoms with van der Waals surface area (Å²) in [6, 6.07) is 0. The van der Waals surface area contributed by atoms with E-state index >= 15 is 0 Å². The molecule has 0 aromatic carbocycles. The van der Waals surface area contributed by atoms with Crippen LogP contribution in [0.2, 0.25) is 6.55 Å². The lowest BCUT2D eigenvalue weighted by Gasteiger charge is -2.28. The monoisotopic (exact) mass is 214 g/mol. The first-order valence-corrected chi connectivity index (χ1v) is 5.46. The zero-order chi connectivity index (χ0) is 10.2. The van der Waals surface area contributed by atoms with Gasteiger partial charge >= 0.3 is 19.7 Å². The average Bonchev–Trinajstić information content (AvgIpc) is 1.81. The number of alkyl halides is 7. The van der Waals surface area contributed by atoms with Crippen LogP contribution in [0, 0.1) is 0 Å². The molecule has 0 aliphatic heterocycles. The van der Waals surface area contributed by atoms with E-state index in [9.17, 15) is 30.7 Å². The van der Waals surface area contributed by atoms with Crippen molar-refractivity contribution in [2.75, 3.05) is 6.30 Å². The van der Waals surface area contributed by atoms with Gasteiger partial charge in [0, 0.05) is 0 Å². The molecule has 0 bridgehead atoms. The Morgan fingerprint density at radius 2 is 1.17 bits per heavy atom. The highest BCUT2D eigenvalue weighted by Gasteiger charge is 2.71. The number of hydrogen-bond donors (Lipinski definition) is 0. The molecule has 0 amide bonds. The fourth-order valence-electron chi connectivity index (χ4n) is 0.312. The first-order chi connectivity index (χ1) is 5.06. The van der Waals surface area contributed by atoms with Gasteiger partial charge < -0.3 is 0 Å². The van der Waals surface area contributed by atoms with Crippen molar-refractivity contribution in [1.29, 1.82) is 0 Å². The topological polar surface area (TPSA) is 0 Å². The molecule has 0 aliphatic carbocycles. The van der Waals surface area contributed by atoms with Gasteiger partial charge in [-0.25, -0.2) is 0 Å². The Balaban J connectivity index is 4.95. The number of rotatable bonds is 1. The third kappa shape index (κ3) is 1.72. The second kappa shape index (κ2) is 2.89. The van der Waals surface area contributed by atoms with Crippen molar-refractivity contribution < 1.29 is 30.7 Å². The van der Waals surface area contributed by atoms with Gasteiger partial charge in [0.25, 0.3) is 0 Å². The highest BCUT2D eigenvalue weighted by atomic mass is 28.3. The maximum atomic E-state index is 11.7. The van der Waals surface area contributed by atoms with E-state index in [0.717, 1.165) is 0 Å². The molecule has 0 spiro atoms. The standard InChI is InChI=1S/C4H5F7Si/c1-12(2-5,3(6,7)8)4(9,10)11/h2H2,1H3. The minimum atomic E-state index is -5.79. The van der Waals surface area contributed by atoms with Crippen molar-refractivity contribution in [3.05, 3.63) is 0 Å². The van der Waals surface area contributed by atoms with E-state index in [1.165, 1.54) is 0 Å². The van der Waals surface area contributed by atoms with Gasteiger partial charge in [-0.1, -0.05) is 6.55 Å². The molecule has 0 fully saturated rings. The van der Waals surface area contributed by atoms with Crippen LogP contribution in [0.3, 0.4) is 0 Å². The van der Waals surface area contributed by atoms with Crippen molar-refractivity contribution in [3.8, 4) is 0 Å². The Hall–Kier alpha value is -0.273. The van der Waals surface area contributed by atoms with E-state index < -0.39 is 26.0 Å². The maximum absolute atomic E-state index is 11.7. The van der Waals surface area contributed by atoms with E-state index in [1.54, 1.807) is 0 Å². The van der Waals surface area contributed by atoms with E-state index in [-0.39, 0.29) is 6.55 Å². The fourth-order valence-corrected chi connectivity index (χ4v) is 0.937. The highest BCUT2D eigenvalue weighted by molar-refractivity contribution is 6.82. The van der Waals surface area contributed by atoms with E-state index in [4.69, 9.17) is 0 Å². The molecule has 0 saturated heterocycles. The maximum Gasteiger partial charge on any atom is 0.374 e. The summed E-state index contributed by atoms with van der Waals surface area (Å²) in [5.74, 6) is -10.9. The minimum Gasteiger partial charge on any atom is -0.254 e. The third-order valence-electron chi connectivity index (χ3n) is 1.52. The molecular formula is C4H5F7Si. The molecule has 0 saturated carbocycles. The molecule has 8 heteroatoms. The van der Waals surface area contributed by atoms with Gasteiger partial charge in [0.2, 0.25) is 0 Å². The molecule has 0 heterocycles. The van der Waals surface area contributed by atoms with Gasteiger partial charge in [0.1, 0.15) is 0 Å². The number of hydrogen-bond acceptors (Lipinski definition) is 0. The molecule has 0 N–H and O–H groups in total. The molecule has 0 nitrogen and oxygen atoms in total. The van der Waals surface area contributed by atoms with Gasteiger partial charge in [-0.15, -0.1) is 0 Å². The Morgan fingerprint density at radius 3 is 1.17 bits per heavy atom. The van der Waals surface area contributed by atoms with Crippen LogP contribution in [0.25, 0.3) is 0 Å². The third-order valence-corrected chi connectivity index (χ3v) is 4.56. The lowest BCUT2D eigenvalue weighted by Crippen LogP contribution is -2.62. The molecular weight excluding hydrogens is 209 g/mol.